The van der Waals surface area contributed by atoms with E-state index < -0.39 is 44.5 Å². The molecule has 28 heavy (non-hydrogen) atoms. The summed E-state index contributed by atoms with van der Waals surface area (Å²) in [5.74, 6) is -2.07. The van der Waals surface area contributed by atoms with Gasteiger partial charge in [-0.3, -0.25) is 14.5 Å². The number of hydrogen-bond acceptors (Lipinski definition) is 6. The number of amides is 1. The number of primary amides is 1. The van der Waals surface area contributed by atoms with Gasteiger partial charge in [0, 0.05) is 12.6 Å². The number of nitriles is 1. The van der Waals surface area contributed by atoms with Crippen LogP contribution in [0.25, 0.3) is 0 Å². The fraction of sp³-hybridized carbons (Fsp3) is 0.438. The Bertz CT molecular complexity index is 980. The molecule has 152 valence electrons. The molecule has 1 aliphatic carbocycles. The molecule has 12 heteroatoms. The average Bonchev–Trinajstić information content (AvgIpc) is 3.18. The van der Waals surface area contributed by atoms with Gasteiger partial charge in [-0.1, -0.05) is 29.3 Å². The fourth-order valence-electron chi connectivity index (χ4n) is 3.60. The van der Waals surface area contributed by atoms with Crippen LogP contribution < -0.4 is 5.73 Å². The van der Waals surface area contributed by atoms with Crippen LogP contribution in [0.4, 0.5) is 0 Å². The summed E-state index contributed by atoms with van der Waals surface area (Å²) in [4.78, 5) is 24.5. The third-order valence-electron chi connectivity index (χ3n) is 5.21. The van der Waals surface area contributed by atoms with E-state index in [1.165, 1.54) is 23.1 Å². The first-order chi connectivity index (χ1) is 12.6. The standard InChI is InChI=1S/C16H15Cl2N3O5S.ClH/c17-9-2-1-3-11(13(9)18)27(25,26)8-4-10(14(22)23)21(6-8)12-5-16(12,7-19)15(20)24;/h1-3,8,10,12H,4-6H2,(H2,20,24)(H,22,23);1H/t8-,10+,12?,16?;/m1./s1. The second-order valence-corrected chi connectivity index (χ2v) is 9.65. The predicted octanol–water partition coefficient (Wildman–Crippen LogP) is 1.48. The number of sulfone groups is 1. The third-order valence-corrected chi connectivity index (χ3v) is 8.31. The number of nitrogens with two attached hydrogens (primary N) is 1. The van der Waals surface area contributed by atoms with Crippen molar-refractivity contribution in [3.05, 3.63) is 28.2 Å². The number of carboxylic acids is 1. The summed E-state index contributed by atoms with van der Waals surface area (Å²) in [7, 11) is -3.98. The molecule has 1 saturated heterocycles. The first kappa shape index (κ1) is 22.7. The van der Waals surface area contributed by atoms with Crippen molar-refractivity contribution in [2.75, 3.05) is 6.54 Å². The van der Waals surface area contributed by atoms with Crippen molar-refractivity contribution in [1.29, 1.82) is 5.26 Å². The maximum absolute atomic E-state index is 13.0. The zero-order valence-electron chi connectivity index (χ0n) is 14.2. The van der Waals surface area contributed by atoms with Gasteiger partial charge in [0.05, 0.1) is 26.3 Å². The van der Waals surface area contributed by atoms with Gasteiger partial charge >= 0.3 is 5.97 Å². The Balaban J connectivity index is 0.00000280. The first-order valence-corrected chi connectivity index (χ1v) is 10.2. The van der Waals surface area contributed by atoms with E-state index in [9.17, 15) is 28.4 Å². The van der Waals surface area contributed by atoms with E-state index in [2.05, 4.69) is 0 Å². The highest BCUT2D eigenvalue weighted by Gasteiger charge is 2.66. The summed E-state index contributed by atoms with van der Waals surface area (Å²) in [6.45, 7) is -0.149. The minimum absolute atomic E-state index is 0. The molecule has 2 fully saturated rings. The highest BCUT2D eigenvalue weighted by Crippen LogP contribution is 2.51. The number of rotatable bonds is 5. The van der Waals surface area contributed by atoms with Gasteiger partial charge in [-0.2, -0.15) is 5.26 Å². The SMILES string of the molecule is Cl.N#CC1(C(N)=O)CC1N1C[C@H](S(=O)(=O)c2cccc(Cl)c2Cl)C[C@H]1C(=O)O. The summed E-state index contributed by atoms with van der Waals surface area (Å²) >= 11 is 11.9. The molecule has 3 N–H and O–H groups in total. The quantitative estimate of drug-likeness (QED) is 0.666. The maximum atomic E-state index is 13.0. The van der Waals surface area contributed by atoms with E-state index in [1.54, 1.807) is 0 Å². The Morgan fingerprint density at radius 3 is 2.50 bits per heavy atom. The van der Waals surface area contributed by atoms with Crippen molar-refractivity contribution in [1.82, 2.24) is 4.90 Å². The Hall–Kier alpha value is -1.57. The lowest BCUT2D eigenvalue weighted by atomic mass is 10.1. The molecular formula is C16H16Cl3N3O5S. The van der Waals surface area contributed by atoms with Crippen LogP contribution in [-0.4, -0.2) is 54.2 Å². The number of hydrogen-bond donors (Lipinski definition) is 2. The molecule has 1 aliphatic heterocycles. The van der Waals surface area contributed by atoms with Crippen LogP contribution in [0.3, 0.4) is 0 Å². The van der Waals surface area contributed by atoms with Crippen molar-refractivity contribution in [2.24, 2.45) is 11.1 Å². The predicted molar refractivity (Wildman–Crippen MR) is 103 cm³/mol. The summed E-state index contributed by atoms with van der Waals surface area (Å²) in [6, 6.07) is 4.16. The van der Waals surface area contributed by atoms with Crippen LogP contribution >= 0.6 is 35.6 Å². The van der Waals surface area contributed by atoms with Gasteiger partial charge in [0.25, 0.3) is 0 Å². The molecule has 0 radical (unpaired) electrons. The van der Waals surface area contributed by atoms with Crippen LogP contribution in [0.2, 0.25) is 10.0 Å². The second kappa shape index (κ2) is 7.69. The van der Waals surface area contributed by atoms with Gasteiger partial charge in [-0.25, -0.2) is 8.42 Å². The van der Waals surface area contributed by atoms with Gasteiger partial charge in [-0.15, -0.1) is 12.4 Å². The molecule has 1 aromatic carbocycles. The Kier molecular flexibility index (Phi) is 6.24. The number of aliphatic carboxylic acids is 1. The number of nitrogens with zero attached hydrogens (tertiary/aromatic N) is 2. The van der Waals surface area contributed by atoms with Crippen molar-refractivity contribution in [3.63, 3.8) is 0 Å². The molecule has 8 nitrogen and oxygen atoms in total. The summed E-state index contributed by atoms with van der Waals surface area (Å²) in [6.07, 6.45) is -0.120. The lowest BCUT2D eigenvalue weighted by Gasteiger charge is -2.22. The average molecular weight is 469 g/mol. The van der Waals surface area contributed by atoms with Crippen molar-refractivity contribution in [3.8, 4) is 6.07 Å². The fourth-order valence-corrected chi connectivity index (χ4v) is 6.07. The van der Waals surface area contributed by atoms with Crippen molar-refractivity contribution < 1.29 is 23.1 Å². The number of carbonyl (C=O) groups excluding carboxylic acids is 1. The van der Waals surface area contributed by atoms with E-state index in [4.69, 9.17) is 28.9 Å². The maximum Gasteiger partial charge on any atom is 0.320 e. The lowest BCUT2D eigenvalue weighted by Crippen LogP contribution is -2.42. The minimum atomic E-state index is -3.98. The lowest BCUT2D eigenvalue weighted by molar-refractivity contribution is -0.142. The molecule has 0 spiro atoms. The van der Waals surface area contributed by atoms with E-state index in [0.717, 1.165) is 0 Å². The molecule has 1 amide bonds. The molecule has 3 rings (SSSR count). The number of carbonyl (C=O) groups is 2. The minimum Gasteiger partial charge on any atom is -0.480 e. The van der Waals surface area contributed by atoms with Crippen LogP contribution in [-0.2, 0) is 19.4 Å². The number of benzene rings is 1. The molecule has 0 aromatic heterocycles. The Morgan fingerprint density at radius 1 is 1.36 bits per heavy atom. The highest BCUT2D eigenvalue weighted by atomic mass is 35.5. The van der Waals surface area contributed by atoms with Gasteiger partial charge in [-0.05, 0) is 25.0 Å². The van der Waals surface area contributed by atoms with Gasteiger partial charge in [0.2, 0.25) is 5.91 Å². The number of likely N-dealkylation sites (tertiary alicyclic amines) is 1. The Labute approximate surface area is 177 Å². The third kappa shape index (κ3) is 3.44. The topological polar surface area (TPSA) is 142 Å². The number of carboxylic acid groups (broad SMARTS) is 1. The monoisotopic (exact) mass is 467 g/mol. The second-order valence-electron chi connectivity index (χ2n) is 6.67. The first-order valence-electron chi connectivity index (χ1n) is 7.94. The zero-order valence-corrected chi connectivity index (χ0v) is 17.4. The molecular weight excluding hydrogens is 453 g/mol. The molecule has 2 unspecified atom stereocenters. The van der Waals surface area contributed by atoms with Crippen LogP contribution in [0.5, 0.6) is 0 Å². The number of halogens is 3. The van der Waals surface area contributed by atoms with E-state index >= 15 is 0 Å². The summed E-state index contributed by atoms with van der Waals surface area (Å²) in [5.41, 5.74) is 3.80. The van der Waals surface area contributed by atoms with E-state index in [1.807, 2.05) is 6.07 Å². The molecule has 1 saturated carbocycles. The van der Waals surface area contributed by atoms with Crippen LogP contribution in [0, 0.1) is 16.7 Å². The Morgan fingerprint density at radius 2 is 2.00 bits per heavy atom. The van der Waals surface area contributed by atoms with Gasteiger partial charge in [0.15, 0.2) is 15.3 Å². The smallest absolute Gasteiger partial charge is 0.320 e. The zero-order chi connectivity index (χ0) is 20.1. The summed E-state index contributed by atoms with van der Waals surface area (Å²) in [5, 5.41) is 17.7. The van der Waals surface area contributed by atoms with Crippen LogP contribution in [0.15, 0.2) is 23.1 Å². The summed E-state index contributed by atoms with van der Waals surface area (Å²) < 4.78 is 26.0. The van der Waals surface area contributed by atoms with Crippen LogP contribution in [0.1, 0.15) is 12.8 Å². The van der Waals surface area contributed by atoms with E-state index in [0.29, 0.717) is 0 Å². The molecule has 4 atom stereocenters. The van der Waals surface area contributed by atoms with Crippen molar-refractivity contribution >= 4 is 57.3 Å². The van der Waals surface area contributed by atoms with E-state index in [-0.39, 0.29) is 46.7 Å². The highest BCUT2D eigenvalue weighted by molar-refractivity contribution is 7.92. The molecule has 1 heterocycles. The van der Waals surface area contributed by atoms with Crippen molar-refractivity contribution in [2.45, 2.75) is 35.1 Å². The molecule has 2 aliphatic rings. The normalized spacial score (nSPS) is 29.5. The molecule has 1 aromatic rings. The van der Waals surface area contributed by atoms with Gasteiger partial charge < -0.3 is 10.8 Å². The van der Waals surface area contributed by atoms with Gasteiger partial charge in [0.1, 0.15) is 6.04 Å². The molecule has 0 bridgehead atoms. The largest absolute Gasteiger partial charge is 0.480 e.